The summed E-state index contributed by atoms with van der Waals surface area (Å²) in [6.07, 6.45) is 15.1. The SMILES string of the molecule is CCCC[P+]([B-]C(/C=C/c1ccccc1OC)C(=O)OC)(CCCC)CCCC. The third-order valence-electron chi connectivity index (χ3n) is 5.44. The Bertz CT molecular complexity index is 596. The van der Waals surface area contributed by atoms with E-state index in [9.17, 15) is 4.79 Å². The van der Waals surface area contributed by atoms with Gasteiger partial charge in [-0.2, -0.15) is 0 Å². The maximum atomic E-state index is 12.7. The van der Waals surface area contributed by atoms with E-state index in [1.807, 2.05) is 36.4 Å². The van der Waals surface area contributed by atoms with E-state index >= 15 is 0 Å². The molecule has 0 aromatic heterocycles. The average Bonchev–Trinajstić information content (AvgIpc) is 2.76. The molecule has 0 saturated carbocycles. The molecule has 0 heterocycles. The summed E-state index contributed by atoms with van der Waals surface area (Å²) in [5.41, 5.74) is 0.983. The third-order valence-corrected chi connectivity index (χ3v) is 10.0. The first kappa shape index (κ1) is 25.8. The molecule has 162 valence electrons. The Balaban J connectivity index is 3.16. The van der Waals surface area contributed by atoms with Gasteiger partial charge in [0.1, 0.15) is 5.75 Å². The first-order chi connectivity index (χ1) is 14.1. The van der Waals surface area contributed by atoms with E-state index in [2.05, 4.69) is 27.8 Å². The maximum absolute atomic E-state index is 12.7. The molecule has 0 fully saturated rings. The van der Waals surface area contributed by atoms with Crippen LogP contribution in [0.1, 0.15) is 64.9 Å². The second-order valence-corrected chi connectivity index (χ2v) is 11.8. The number of rotatable bonds is 15. The van der Waals surface area contributed by atoms with Gasteiger partial charge in [-0.25, -0.2) is 7.14 Å². The molecule has 0 spiro atoms. The molecule has 1 aromatic carbocycles. The number of carbonyl (C=O) groups is 1. The second-order valence-electron chi connectivity index (χ2n) is 7.75. The molecule has 1 aromatic rings. The van der Waals surface area contributed by atoms with Crippen molar-refractivity contribution in [2.24, 2.45) is 0 Å². The van der Waals surface area contributed by atoms with E-state index in [-0.39, 0.29) is 11.8 Å². The minimum absolute atomic E-state index is 0.162. The van der Waals surface area contributed by atoms with Crippen molar-refractivity contribution in [2.75, 3.05) is 32.7 Å². The molecule has 0 N–H and O–H groups in total. The lowest BCUT2D eigenvalue weighted by molar-refractivity contribution is -0.139. The molecule has 0 aliphatic rings. The van der Waals surface area contributed by atoms with Crippen LogP contribution in [0.2, 0.25) is 5.82 Å². The van der Waals surface area contributed by atoms with Gasteiger partial charge in [0.2, 0.25) is 0 Å². The van der Waals surface area contributed by atoms with Gasteiger partial charge in [0, 0.05) is 24.0 Å². The van der Waals surface area contributed by atoms with Crippen molar-refractivity contribution in [3.63, 3.8) is 0 Å². The van der Waals surface area contributed by atoms with Gasteiger partial charge in [-0.3, -0.25) is 4.79 Å². The van der Waals surface area contributed by atoms with Crippen LogP contribution in [0.5, 0.6) is 5.75 Å². The smallest absolute Gasteiger partial charge is 0.274 e. The molecular weight excluding hydrogens is 378 g/mol. The highest BCUT2D eigenvalue weighted by atomic mass is 31.2. The summed E-state index contributed by atoms with van der Waals surface area (Å²) in [5.74, 6) is 0.352. The van der Waals surface area contributed by atoms with E-state index < -0.39 is 7.14 Å². The zero-order valence-corrected chi connectivity index (χ0v) is 20.0. The number of unbranched alkanes of at least 4 members (excludes halogenated alkanes) is 3. The van der Waals surface area contributed by atoms with Crippen LogP contribution in [0.15, 0.2) is 30.3 Å². The Morgan fingerprint density at radius 3 is 2.03 bits per heavy atom. The number of para-hydroxylation sites is 1. The molecular formula is C24H40BO3P. The largest absolute Gasteiger partial charge is 0.496 e. The Kier molecular flexibility index (Phi) is 13.0. The van der Waals surface area contributed by atoms with Crippen LogP contribution >= 0.6 is 7.14 Å². The van der Waals surface area contributed by atoms with Gasteiger partial charge < -0.3 is 9.47 Å². The van der Waals surface area contributed by atoms with Crippen LogP contribution in [0.25, 0.3) is 6.08 Å². The van der Waals surface area contributed by atoms with E-state index in [1.165, 1.54) is 64.1 Å². The topological polar surface area (TPSA) is 35.5 Å². The van der Waals surface area contributed by atoms with E-state index in [0.717, 1.165) is 11.3 Å². The predicted molar refractivity (Wildman–Crippen MR) is 130 cm³/mol. The van der Waals surface area contributed by atoms with Crippen molar-refractivity contribution in [3.8, 4) is 5.75 Å². The van der Waals surface area contributed by atoms with Crippen molar-refractivity contribution in [1.29, 1.82) is 0 Å². The lowest BCUT2D eigenvalue weighted by Crippen LogP contribution is -2.23. The molecule has 0 aliphatic heterocycles. The van der Waals surface area contributed by atoms with Crippen LogP contribution in [-0.2, 0) is 9.53 Å². The number of methoxy groups -OCH3 is 2. The van der Waals surface area contributed by atoms with Crippen LogP contribution in [0.4, 0.5) is 0 Å². The molecule has 29 heavy (non-hydrogen) atoms. The van der Waals surface area contributed by atoms with E-state index in [0.29, 0.717) is 0 Å². The van der Waals surface area contributed by atoms with Crippen molar-refractivity contribution in [2.45, 2.75) is 65.1 Å². The van der Waals surface area contributed by atoms with Crippen molar-refractivity contribution in [1.82, 2.24) is 0 Å². The highest BCUT2D eigenvalue weighted by molar-refractivity contribution is 8.00. The summed E-state index contributed by atoms with van der Waals surface area (Å²) < 4.78 is 10.6. The lowest BCUT2D eigenvalue weighted by Gasteiger charge is -2.42. The van der Waals surface area contributed by atoms with Gasteiger partial charge in [-0.05, 0) is 25.3 Å². The summed E-state index contributed by atoms with van der Waals surface area (Å²) in [5, 5.41) is 0. The van der Waals surface area contributed by atoms with E-state index in [1.54, 1.807) is 7.11 Å². The van der Waals surface area contributed by atoms with Crippen LogP contribution in [-0.4, -0.2) is 45.7 Å². The number of carbonyl (C=O) groups excluding carboxylic acids is 1. The molecule has 0 saturated heterocycles. The Morgan fingerprint density at radius 1 is 1.00 bits per heavy atom. The summed E-state index contributed by atoms with van der Waals surface area (Å²) in [6, 6.07) is 7.89. The van der Waals surface area contributed by atoms with Crippen LogP contribution in [0, 0.1) is 0 Å². The monoisotopic (exact) mass is 418 g/mol. The van der Waals surface area contributed by atoms with Gasteiger partial charge in [-0.1, -0.05) is 77.1 Å². The summed E-state index contributed by atoms with van der Waals surface area (Å²) in [4.78, 5) is 12.7. The van der Waals surface area contributed by atoms with Crippen molar-refractivity contribution in [3.05, 3.63) is 35.9 Å². The number of hydrogen-bond donors (Lipinski definition) is 0. The number of hydrogen-bond acceptors (Lipinski definition) is 3. The van der Waals surface area contributed by atoms with Gasteiger partial charge in [-0.15, -0.1) is 6.08 Å². The molecule has 0 bridgehead atoms. The van der Waals surface area contributed by atoms with Crippen LogP contribution < -0.4 is 4.74 Å². The Labute approximate surface area is 180 Å². The number of benzene rings is 1. The van der Waals surface area contributed by atoms with Gasteiger partial charge in [0.15, 0.2) is 0 Å². The standard InChI is InChI=1S/C24H40BO3P/c1-6-9-18-29(19-10-7-2,20-11-8-3)25-22(24(26)28-5)17-16-21-14-12-13-15-23(21)27-4/h12-17,22H,6-11,18-20H2,1-5H3/b17-16+. The number of esters is 1. The fourth-order valence-electron chi connectivity index (χ4n) is 3.66. The third kappa shape index (κ3) is 8.95. The van der Waals surface area contributed by atoms with Gasteiger partial charge in [0.05, 0.1) is 14.2 Å². The zero-order chi connectivity index (χ0) is 21.5. The van der Waals surface area contributed by atoms with Gasteiger partial charge in [0.25, 0.3) is 5.97 Å². The molecule has 1 rings (SSSR count). The first-order valence-electron chi connectivity index (χ1n) is 11.2. The summed E-state index contributed by atoms with van der Waals surface area (Å²) in [7, 11) is 1.85. The molecule has 1 atom stereocenters. The molecule has 3 nitrogen and oxygen atoms in total. The number of ether oxygens (including phenoxy) is 2. The highest BCUT2D eigenvalue weighted by Crippen LogP contribution is 2.61. The summed E-state index contributed by atoms with van der Waals surface area (Å²) >= 11 is 0. The lowest BCUT2D eigenvalue weighted by atomic mass is 9.85. The Morgan fingerprint density at radius 2 is 1.55 bits per heavy atom. The minimum Gasteiger partial charge on any atom is -0.496 e. The highest BCUT2D eigenvalue weighted by Gasteiger charge is 2.28. The normalized spacial score (nSPS) is 12.9. The van der Waals surface area contributed by atoms with Crippen LogP contribution in [0.3, 0.4) is 0 Å². The average molecular weight is 418 g/mol. The predicted octanol–water partition coefficient (Wildman–Crippen LogP) is 6.71. The fraction of sp³-hybridized carbons (Fsp3) is 0.625. The molecule has 0 aliphatic carbocycles. The fourth-order valence-corrected chi connectivity index (χ4v) is 8.51. The molecule has 1 unspecified atom stereocenters. The molecule has 2 radical (unpaired) electrons. The van der Waals surface area contributed by atoms with E-state index in [4.69, 9.17) is 9.47 Å². The van der Waals surface area contributed by atoms with Gasteiger partial charge >= 0.3 is 0 Å². The second kappa shape index (κ2) is 14.7. The maximum Gasteiger partial charge on any atom is 0.274 e. The molecule has 0 amide bonds. The Hall–Kier alpha value is -1.28. The quantitative estimate of drug-likeness (QED) is 0.180. The summed E-state index contributed by atoms with van der Waals surface area (Å²) in [6.45, 7) is 9.18. The first-order valence-corrected chi connectivity index (χ1v) is 13.6. The van der Waals surface area contributed by atoms with Crippen molar-refractivity contribution >= 4 is 26.2 Å². The molecule has 5 heteroatoms. The minimum atomic E-state index is -1.32. The van der Waals surface area contributed by atoms with Crippen molar-refractivity contribution < 1.29 is 14.3 Å². The zero-order valence-electron chi connectivity index (χ0n) is 19.2.